The third-order valence-corrected chi connectivity index (χ3v) is 6.06. The molecule has 1 atom stereocenters. The van der Waals surface area contributed by atoms with Gasteiger partial charge in [-0.05, 0) is 60.2 Å². The Morgan fingerprint density at radius 3 is 2.56 bits per heavy atom. The molecule has 0 radical (unpaired) electrons. The number of aliphatic hydroxyl groups excluding tert-OH is 1. The summed E-state index contributed by atoms with van der Waals surface area (Å²) in [4.78, 5) is 29.5. The highest BCUT2D eigenvalue weighted by Gasteiger charge is 2.47. The van der Waals surface area contributed by atoms with Crippen LogP contribution in [0.15, 0.2) is 72.3 Å². The van der Waals surface area contributed by atoms with Crippen LogP contribution in [-0.2, 0) is 9.59 Å². The average Bonchev–Trinajstić information content (AvgIpc) is 3.10. The minimum atomic E-state index is -1.03. The number of nitrogens with zero attached hydrogens (tertiary/aromatic N) is 2. The molecular formula is C26H21FN2O5. The normalized spacial score (nSPS) is 19.2. The predicted octanol–water partition coefficient (Wildman–Crippen LogP) is 3.99. The summed E-state index contributed by atoms with van der Waals surface area (Å²) in [6.07, 6.45) is 0. The van der Waals surface area contributed by atoms with Gasteiger partial charge in [-0.3, -0.25) is 14.5 Å². The van der Waals surface area contributed by atoms with Crippen LogP contribution < -0.4 is 14.5 Å². The lowest BCUT2D eigenvalue weighted by Gasteiger charge is -2.28. The molecule has 2 aliphatic heterocycles. The summed E-state index contributed by atoms with van der Waals surface area (Å²) < 4.78 is 19.2. The van der Waals surface area contributed by atoms with Gasteiger partial charge in [0.25, 0.3) is 11.7 Å². The van der Waals surface area contributed by atoms with Crippen LogP contribution in [0.5, 0.6) is 11.5 Å². The summed E-state index contributed by atoms with van der Waals surface area (Å²) in [7, 11) is 1.89. The van der Waals surface area contributed by atoms with Gasteiger partial charge in [0.05, 0.1) is 23.8 Å². The average molecular weight is 460 g/mol. The molecule has 0 aromatic heterocycles. The number of phenolic OH excluding ortho intramolecular Hbond substituents is 1. The minimum Gasteiger partial charge on any atom is -0.508 e. The minimum absolute atomic E-state index is 0.0604. The second-order valence-electron chi connectivity index (χ2n) is 8.19. The molecule has 2 N–H and O–H groups in total. The number of benzene rings is 3. The molecule has 1 unspecified atom stereocenters. The van der Waals surface area contributed by atoms with E-state index < -0.39 is 23.5 Å². The van der Waals surface area contributed by atoms with E-state index in [1.165, 1.54) is 41.3 Å². The van der Waals surface area contributed by atoms with Gasteiger partial charge in [-0.1, -0.05) is 12.1 Å². The fourth-order valence-electron chi connectivity index (χ4n) is 4.36. The number of amides is 1. The Bertz CT molecular complexity index is 1340. The van der Waals surface area contributed by atoms with E-state index in [0.717, 1.165) is 5.69 Å². The Balaban J connectivity index is 1.70. The van der Waals surface area contributed by atoms with E-state index in [0.29, 0.717) is 30.0 Å². The van der Waals surface area contributed by atoms with Crippen LogP contribution in [0, 0.1) is 5.82 Å². The van der Waals surface area contributed by atoms with Crippen molar-refractivity contribution in [1.29, 1.82) is 0 Å². The van der Waals surface area contributed by atoms with Crippen LogP contribution in [-0.4, -0.2) is 42.1 Å². The Morgan fingerprint density at radius 1 is 1.06 bits per heavy atom. The van der Waals surface area contributed by atoms with Gasteiger partial charge in [0.2, 0.25) is 0 Å². The Hall–Kier alpha value is -4.33. The van der Waals surface area contributed by atoms with Crippen molar-refractivity contribution in [3.8, 4) is 11.5 Å². The maximum atomic E-state index is 13.5. The van der Waals surface area contributed by atoms with Crippen molar-refractivity contribution in [1.82, 2.24) is 0 Å². The molecule has 172 valence electrons. The van der Waals surface area contributed by atoms with Crippen molar-refractivity contribution in [2.45, 2.75) is 6.04 Å². The summed E-state index contributed by atoms with van der Waals surface area (Å²) in [5, 5.41) is 21.4. The Morgan fingerprint density at radius 2 is 1.82 bits per heavy atom. The number of ether oxygens (including phenoxy) is 1. The van der Waals surface area contributed by atoms with E-state index in [1.807, 2.05) is 11.9 Å². The molecule has 3 aromatic rings. The molecule has 7 nitrogen and oxygen atoms in total. The van der Waals surface area contributed by atoms with Crippen LogP contribution in [0.3, 0.4) is 0 Å². The summed E-state index contributed by atoms with van der Waals surface area (Å²) in [5.41, 5.74) is 1.67. The molecule has 3 aromatic carbocycles. The van der Waals surface area contributed by atoms with Crippen LogP contribution in [0.25, 0.3) is 5.76 Å². The molecule has 0 bridgehead atoms. The van der Waals surface area contributed by atoms with Gasteiger partial charge in [-0.15, -0.1) is 0 Å². The first-order chi connectivity index (χ1) is 16.3. The number of ketones is 1. The molecule has 0 saturated carbocycles. The largest absolute Gasteiger partial charge is 0.508 e. The van der Waals surface area contributed by atoms with E-state index in [4.69, 9.17) is 4.74 Å². The van der Waals surface area contributed by atoms with Gasteiger partial charge in [-0.25, -0.2) is 4.39 Å². The number of rotatable bonds is 3. The van der Waals surface area contributed by atoms with Crippen molar-refractivity contribution < 1.29 is 28.9 Å². The highest BCUT2D eigenvalue weighted by molar-refractivity contribution is 6.51. The molecule has 8 heteroatoms. The number of anilines is 2. The van der Waals surface area contributed by atoms with Gasteiger partial charge >= 0.3 is 0 Å². The molecule has 2 heterocycles. The molecule has 34 heavy (non-hydrogen) atoms. The zero-order valence-corrected chi connectivity index (χ0v) is 18.2. The maximum Gasteiger partial charge on any atom is 0.300 e. The lowest BCUT2D eigenvalue weighted by Crippen LogP contribution is -2.29. The van der Waals surface area contributed by atoms with E-state index in [-0.39, 0.29) is 22.8 Å². The lowest BCUT2D eigenvalue weighted by atomic mass is 9.94. The summed E-state index contributed by atoms with van der Waals surface area (Å²) in [5.74, 6) is -1.98. The number of halogens is 1. The molecule has 2 aliphatic rings. The Labute approximate surface area is 194 Å². The zero-order valence-electron chi connectivity index (χ0n) is 18.2. The molecular weight excluding hydrogens is 439 g/mol. The first kappa shape index (κ1) is 21.5. The molecule has 0 aliphatic carbocycles. The first-order valence-corrected chi connectivity index (χ1v) is 10.7. The van der Waals surface area contributed by atoms with Gasteiger partial charge in [0.1, 0.15) is 29.7 Å². The van der Waals surface area contributed by atoms with Crippen molar-refractivity contribution in [2.24, 2.45) is 0 Å². The second kappa shape index (κ2) is 8.22. The van der Waals surface area contributed by atoms with E-state index in [1.54, 1.807) is 30.3 Å². The lowest BCUT2D eigenvalue weighted by molar-refractivity contribution is -0.132. The number of Topliss-reactive ketones (excluding diaryl/α,β-unsaturated/α-hetero) is 1. The number of aliphatic hydroxyl groups is 1. The van der Waals surface area contributed by atoms with Gasteiger partial charge in [0, 0.05) is 18.3 Å². The molecule has 1 fully saturated rings. The fourth-order valence-corrected chi connectivity index (χ4v) is 4.36. The van der Waals surface area contributed by atoms with E-state index in [2.05, 4.69) is 0 Å². The molecule has 1 amide bonds. The third-order valence-electron chi connectivity index (χ3n) is 6.06. The van der Waals surface area contributed by atoms with Crippen molar-refractivity contribution >= 4 is 28.8 Å². The van der Waals surface area contributed by atoms with Gasteiger partial charge < -0.3 is 19.8 Å². The van der Waals surface area contributed by atoms with Gasteiger partial charge in [-0.2, -0.15) is 0 Å². The maximum absolute atomic E-state index is 13.5. The van der Waals surface area contributed by atoms with Crippen molar-refractivity contribution in [3.63, 3.8) is 0 Å². The van der Waals surface area contributed by atoms with Crippen molar-refractivity contribution in [2.75, 3.05) is 30.0 Å². The predicted molar refractivity (Wildman–Crippen MR) is 124 cm³/mol. The third kappa shape index (κ3) is 3.53. The topological polar surface area (TPSA) is 90.3 Å². The van der Waals surface area contributed by atoms with Crippen molar-refractivity contribution in [3.05, 3.63) is 89.2 Å². The number of fused-ring (bicyclic) bond motifs is 1. The van der Waals surface area contributed by atoms with Crippen LogP contribution in [0.4, 0.5) is 15.8 Å². The summed E-state index contributed by atoms with van der Waals surface area (Å²) in [6, 6.07) is 15.3. The number of hydrogen-bond acceptors (Lipinski definition) is 6. The number of carbonyl (C=O) groups excluding carboxylic acids is 2. The molecule has 0 spiro atoms. The quantitative estimate of drug-likeness (QED) is 0.349. The monoisotopic (exact) mass is 460 g/mol. The number of likely N-dealkylation sites (N-methyl/N-ethyl adjacent to an activating group) is 1. The molecule has 5 rings (SSSR count). The first-order valence-electron chi connectivity index (χ1n) is 10.7. The summed E-state index contributed by atoms with van der Waals surface area (Å²) >= 11 is 0. The summed E-state index contributed by atoms with van der Waals surface area (Å²) in [6.45, 7) is 1.20. The highest BCUT2D eigenvalue weighted by atomic mass is 19.1. The smallest absolute Gasteiger partial charge is 0.300 e. The SMILES string of the molecule is CN1CCOc2ccc(/C(O)=C3/C(=O)C(=O)N(c4ccc(F)cc4)C3c3cccc(O)c3)cc21. The number of hydrogen-bond donors (Lipinski definition) is 2. The number of aromatic hydroxyl groups is 1. The van der Waals surface area contributed by atoms with Gasteiger partial charge in [0.15, 0.2) is 0 Å². The number of phenols is 1. The Kier molecular flexibility index (Phi) is 5.20. The van der Waals surface area contributed by atoms with Crippen LogP contribution in [0.2, 0.25) is 0 Å². The zero-order chi connectivity index (χ0) is 24.0. The molecule has 1 saturated heterocycles. The van der Waals surface area contributed by atoms with E-state index >= 15 is 0 Å². The number of carbonyl (C=O) groups is 2. The standard InChI is InChI=1S/C26H21FN2O5/c1-28-11-12-34-21-10-5-16(14-20(21)28)24(31)22-23(15-3-2-4-19(30)13-15)29(26(33)25(22)32)18-8-6-17(27)7-9-18/h2-10,13-14,23,30-31H,11-12H2,1H3/b24-22-. The van der Waals surface area contributed by atoms with Crippen LogP contribution >= 0.6 is 0 Å². The highest BCUT2D eigenvalue weighted by Crippen LogP contribution is 2.43. The van der Waals surface area contributed by atoms with E-state index in [9.17, 15) is 24.2 Å². The van der Waals surface area contributed by atoms with Crippen LogP contribution in [0.1, 0.15) is 17.2 Å². The fraction of sp³-hybridized carbons (Fsp3) is 0.154. The second-order valence-corrected chi connectivity index (χ2v) is 8.19.